The van der Waals surface area contributed by atoms with Gasteiger partial charge in [0.25, 0.3) is 5.91 Å². The number of aryl methyl sites for hydroxylation is 1. The van der Waals surface area contributed by atoms with Crippen molar-refractivity contribution in [2.45, 2.75) is 13.8 Å². The minimum Gasteiger partial charge on any atom is -0.482 e. The molecule has 0 bridgehead atoms. The van der Waals surface area contributed by atoms with Crippen molar-refractivity contribution in [3.8, 4) is 5.75 Å². The number of nitrogen functional groups attached to an aromatic ring is 1. The monoisotopic (exact) mass is 283 g/mol. The van der Waals surface area contributed by atoms with Crippen molar-refractivity contribution in [3.05, 3.63) is 41.5 Å². The molecule has 108 valence electrons. The van der Waals surface area contributed by atoms with Crippen LogP contribution in [-0.4, -0.2) is 12.5 Å². The summed E-state index contributed by atoms with van der Waals surface area (Å²) in [4.78, 5) is 11.4. The van der Waals surface area contributed by atoms with Crippen LogP contribution in [0, 0.1) is 13.8 Å². The summed E-state index contributed by atoms with van der Waals surface area (Å²) in [6.45, 7) is 4.14. The third-order valence-corrected chi connectivity index (χ3v) is 3.66. The number of hydrogen-bond donors (Lipinski definition) is 3. The summed E-state index contributed by atoms with van der Waals surface area (Å²) in [6.07, 6.45) is 0. The van der Waals surface area contributed by atoms with E-state index in [2.05, 4.69) is 30.5 Å². The summed E-state index contributed by atoms with van der Waals surface area (Å²) >= 11 is 0. The van der Waals surface area contributed by atoms with Crippen molar-refractivity contribution in [3.63, 3.8) is 0 Å². The highest BCUT2D eigenvalue weighted by atomic mass is 16.5. The molecule has 5 heteroatoms. The predicted molar refractivity (Wildman–Crippen MR) is 84.2 cm³/mol. The number of nitrogens with two attached hydrogens (primary N) is 1. The molecule has 0 saturated carbocycles. The molecule has 2 aromatic rings. The van der Waals surface area contributed by atoms with Crippen LogP contribution in [0.4, 0.5) is 22.7 Å². The summed E-state index contributed by atoms with van der Waals surface area (Å²) in [5.74, 6) is 0.434. The Kier molecular flexibility index (Phi) is 3.17. The van der Waals surface area contributed by atoms with Crippen molar-refractivity contribution >= 4 is 28.7 Å². The van der Waals surface area contributed by atoms with Crippen LogP contribution < -0.4 is 21.1 Å². The Hall–Kier alpha value is -2.69. The minimum absolute atomic E-state index is 0.0240. The van der Waals surface area contributed by atoms with Crippen LogP contribution >= 0.6 is 0 Å². The van der Waals surface area contributed by atoms with Crippen LogP contribution in [0.15, 0.2) is 30.3 Å². The minimum atomic E-state index is -0.162. The van der Waals surface area contributed by atoms with Gasteiger partial charge in [-0.2, -0.15) is 0 Å². The fourth-order valence-corrected chi connectivity index (χ4v) is 2.28. The van der Waals surface area contributed by atoms with Gasteiger partial charge in [-0.15, -0.1) is 0 Å². The maximum atomic E-state index is 11.4. The quantitative estimate of drug-likeness (QED) is 0.741. The van der Waals surface area contributed by atoms with Gasteiger partial charge in [0, 0.05) is 11.8 Å². The van der Waals surface area contributed by atoms with Crippen molar-refractivity contribution in [1.29, 1.82) is 0 Å². The van der Waals surface area contributed by atoms with Crippen LogP contribution in [0.1, 0.15) is 11.1 Å². The Labute approximate surface area is 123 Å². The van der Waals surface area contributed by atoms with E-state index in [0.29, 0.717) is 17.1 Å². The van der Waals surface area contributed by atoms with Crippen molar-refractivity contribution in [2.75, 3.05) is 23.0 Å². The lowest BCUT2D eigenvalue weighted by molar-refractivity contribution is -0.118. The normalized spacial score (nSPS) is 13.1. The van der Waals surface area contributed by atoms with Gasteiger partial charge in [0.05, 0.1) is 17.1 Å². The highest BCUT2D eigenvalue weighted by Gasteiger charge is 2.18. The number of carbonyl (C=O) groups excluding carboxylic acids is 1. The van der Waals surface area contributed by atoms with Gasteiger partial charge in [-0.05, 0) is 37.1 Å². The first-order valence-electron chi connectivity index (χ1n) is 6.74. The van der Waals surface area contributed by atoms with E-state index in [9.17, 15) is 4.79 Å². The second-order valence-electron chi connectivity index (χ2n) is 5.14. The zero-order chi connectivity index (χ0) is 15.0. The van der Waals surface area contributed by atoms with E-state index in [1.807, 2.05) is 12.1 Å². The highest BCUT2D eigenvalue weighted by molar-refractivity contribution is 5.97. The van der Waals surface area contributed by atoms with E-state index >= 15 is 0 Å². The highest BCUT2D eigenvalue weighted by Crippen LogP contribution is 2.37. The van der Waals surface area contributed by atoms with E-state index in [-0.39, 0.29) is 12.5 Å². The van der Waals surface area contributed by atoms with Crippen molar-refractivity contribution in [1.82, 2.24) is 0 Å². The molecule has 1 aliphatic heterocycles. The molecular weight excluding hydrogens is 266 g/mol. The Bertz CT molecular complexity index is 726. The standard InChI is InChI=1S/C16H17N3O2/c1-9-4-3-5-12(10(9)2)18-13-7-14-15(6-11(13)17)21-8-16(20)19-14/h3-7,18H,8,17H2,1-2H3,(H,19,20). The second kappa shape index (κ2) is 5.01. The first-order chi connectivity index (χ1) is 10.0. The fourth-order valence-electron chi connectivity index (χ4n) is 2.28. The first kappa shape index (κ1) is 13.3. The van der Waals surface area contributed by atoms with E-state index in [1.54, 1.807) is 12.1 Å². The van der Waals surface area contributed by atoms with E-state index in [0.717, 1.165) is 16.9 Å². The van der Waals surface area contributed by atoms with E-state index < -0.39 is 0 Å². The molecule has 5 nitrogen and oxygen atoms in total. The third kappa shape index (κ3) is 2.50. The van der Waals surface area contributed by atoms with Gasteiger partial charge >= 0.3 is 0 Å². The van der Waals surface area contributed by atoms with Gasteiger partial charge < -0.3 is 21.1 Å². The van der Waals surface area contributed by atoms with Crippen LogP contribution in [0.3, 0.4) is 0 Å². The molecule has 0 spiro atoms. The average Bonchev–Trinajstić information content (AvgIpc) is 2.45. The zero-order valence-corrected chi connectivity index (χ0v) is 12.0. The van der Waals surface area contributed by atoms with Gasteiger partial charge in [-0.1, -0.05) is 12.1 Å². The van der Waals surface area contributed by atoms with Crippen LogP contribution in [-0.2, 0) is 4.79 Å². The lowest BCUT2D eigenvalue weighted by Crippen LogP contribution is -2.25. The van der Waals surface area contributed by atoms with Gasteiger partial charge in [-0.25, -0.2) is 0 Å². The van der Waals surface area contributed by atoms with Gasteiger partial charge in [0.1, 0.15) is 5.75 Å². The van der Waals surface area contributed by atoms with E-state index in [4.69, 9.17) is 10.5 Å². The number of amides is 1. The number of carbonyl (C=O) groups is 1. The Balaban J connectivity index is 1.97. The molecule has 0 aliphatic carbocycles. The molecule has 0 atom stereocenters. The number of fused-ring (bicyclic) bond motifs is 1. The first-order valence-corrected chi connectivity index (χ1v) is 6.74. The number of rotatable bonds is 2. The number of nitrogens with one attached hydrogen (secondary N) is 2. The SMILES string of the molecule is Cc1cccc(Nc2cc3c(cc2N)OCC(=O)N3)c1C. The van der Waals surface area contributed by atoms with Gasteiger partial charge in [0.2, 0.25) is 0 Å². The molecule has 21 heavy (non-hydrogen) atoms. The molecule has 1 heterocycles. The summed E-state index contributed by atoms with van der Waals surface area (Å²) in [5.41, 5.74) is 11.4. The molecule has 0 saturated heterocycles. The maximum absolute atomic E-state index is 11.4. The maximum Gasteiger partial charge on any atom is 0.262 e. The van der Waals surface area contributed by atoms with Crippen molar-refractivity contribution < 1.29 is 9.53 Å². The molecule has 0 unspecified atom stereocenters. The smallest absolute Gasteiger partial charge is 0.262 e. The second-order valence-corrected chi connectivity index (χ2v) is 5.14. The molecule has 4 N–H and O–H groups in total. The molecule has 0 radical (unpaired) electrons. The third-order valence-electron chi connectivity index (χ3n) is 3.66. The molecule has 0 fully saturated rings. The number of benzene rings is 2. The lowest BCUT2D eigenvalue weighted by Gasteiger charge is -2.21. The number of hydrogen-bond acceptors (Lipinski definition) is 4. The molecular formula is C16H17N3O2. The largest absolute Gasteiger partial charge is 0.482 e. The average molecular weight is 283 g/mol. The number of ether oxygens (including phenoxy) is 1. The van der Waals surface area contributed by atoms with Crippen LogP contribution in [0.5, 0.6) is 5.75 Å². The zero-order valence-electron chi connectivity index (χ0n) is 12.0. The van der Waals surface area contributed by atoms with Gasteiger partial charge in [0.15, 0.2) is 6.61 Å². The summed E-state index contributed by atoms with van der Waals surface area (Å²) in [7, 11) is 0. The molecule has 2 aromatic carbocycles. The molecule has 3 rings (SSSR count). The lowest BCUT2D eigenvalue weighted by atomic mass is 10.1. The Morgan fingerprint density at radius 2 is 2.05 bits per heavy atom. The van der Waals surface area contributed by atoms with Crippen LogP contribution in [0.2, 0.25) is 0 Å². The number of anilines is 4. The Morgan fingerprint density at radius 1 is 1.24 bits per heavy atom. The fraction of sp³-hybridized carbons (Fsp3) is 0.188. The van der Waals surface area contributed by atoms with E-state index in [1.165, 1.54) is 5.56 Å². The summed E-state index contributed by atoms with van der Waals surface area (Å²) < 4.78 is 5.34. The van der Waals surface area contributed by atoms with Crippen LogP contribution in [0.25, 0.3) is 0 Å². The summed E-state index contributed by atoms with van der Waals surface area (Å²) in [6, 6.07) is 9.57. The van der Waals surface area contributed by atoms with Gasteiger partial charge in [-0.3, -0.25) is 4.79 Å². The Morgan fingerprint density at radius 3 is 2.86 bits per heavy atom. The topological polar surface area (TPSA) is 76.4 Å². The molecule has 1 aliphatic rings. The van der Waals surface area contributed by atoms with Crippen molar-refractivity contribution in [2.24, 2.45) is 0 Å². The molecule has 1 amide bonds. The summed E-state index contributed by atoms with van der Waals surface area (Å²) in [5, 5.41) is 6.09. The predicted octanol–water partition coefficient (Wildman–Crippen LogP) is 2.96. The molecule has 0 aromatic heterocycles.